The van der Waals surface area contributed by atoms with Crippen molar-refractivity contribution in [3.8, 4) is 0 Å². The Morgan fingerprint density at radius 1 is 1.38 bits per heavy atom. The number of rotatable bonds is 4. The van der Waals surface area contributed by atoms with E-state index in [1.54, 1.807) is 0 Å². The van der Waals surface area contributed by atoms with Gasteiger partial charge < -0.3 is 0 Å². The molecule has 0 aromatic rings. The summed E-state index contributed by atoms with van der Waals surface area (Å²) >= 11 is 6.19. The van der Waals surface area contributed by atoms with Gasteiger partial charge >= 0.3 is 0 Å². The van der Waals surface area contributed by atoms with Gasteiger partial charge in [-0.3, -0.25) is 0 Å². The van der Waals surface area contributed by atoms with Crippen LogP contribution in [0.1, 0.15) is 51.9 Å². The zero-order valence-corrected chi connectivity index (χ0v) is 9.45. The summed E-state index contributed by atoms with van der Waals surface area (Å²) in [5, 5.41) is 0. The second kappa shape index (κ2) is 3.81. The molecule has 76 valence electrons. The first-order valence-electron chi connectivity index (χ1n) is 5.86. The van der Waals surface area contributed by atoms with Crippen molar-refractivity contribution in [2.24, 2.45) is 17.3 Å². The molecule has 0 aromatic heterocycles. The van der Waals surface area contributed by atoms with E-state index in [1.807, 2.05) is 0 Å². The third kappa shape index (κ3) is 1.63. The van der Waals surface area contributed by atoms with Gasteiger partial charge in [-0.05, 0) is 42.9 Å². The maximum Gasteiger partial charge on any atom is 0.0282 e. The summed E-state index contributed by atoms with van der Waals surface area (Å²) in [5.41, 5.74) is 0.570. The summed E-state index contributed by atoms with van der Waals surface area (Å²) < 4.78 is 0. The Kier molecular flexibility index (Phi) is 2.88. The Morgan fingerprint density at radius 3 is 2.69 bits per heavy atom. The molecule has 2 fully saturated rings. The molecule has 0 heterocycles. The molecule has 2 aliphatic carbocycles. The van der Waals surface area contributed by atoms with E-state index in [1.165, 1.54) is 44.9 Å². The van der Waals surface area contributed by atoms with Crippen LogP contribution >= 0.6 is 11.6 Å². The molecule has 0 saturated heterocycles. The van der Waals surface area contributed by atoms with E-state index in [0.717, 1.165) is 17.7 Å². The predicted molar refractivity (Wildman–Crippen MR) is 58.1 cm³/mol. The quantitative estimate of drug-likeness (QED) is 0.597. The largest absolute Gasteiger partial charge is 0.126 e. The van der Waals surface area contributed by atoms with E-state index in [9.17, 15) is 0 Å². The molecule has 0 spiro atoms. The second-order valence-electron chi connectivity index (χ2n) is 5.18. The first-order chi connectivity index (χ1) is 6.30. The normalized spacial score (nSPS) is 42.9. The average molecular weight is 201 g/mol. The average Bonchev–Trinajstić information content (AvgIpc) is 2.74. The Hall–Kier alpha value is 0.290. The first kappa shape index (κ1) is 9.83. The molecular weight excluding hydrogens is 180 g/mol. The summed E-state index contributed by atoms with van der Waals surface area (Å²) in [4.78, 5) is 0. The zero-order chi connectivity index (χ0) is 9.31. The third-order valence-electron chi connectivity index (χ3n) is 4.40. The Bertz CT molecular complexity index is 178. The Balaban J connectivity index is 1.99. The van der Waals surface area contributed by atoms with Gasteiger partial charge in [0.2, 0.25) is 0 Å². The molecule has 2 saturated carbocycles. The van der Waals surface area contributed by atoms with Crippen molar-refractivity contribution < 1.29 is 0 Å². The van der Waals surface area contributed by atoms with Gasteiger partial charge in [-0.25, -0.2) is 0 Å². The lowest BCUT2D eigenvalue weighted by Crippen LogP contribution is -2.29. The molecule has 2 rings (SSSR count). The number of hydrogen-bond donors (Lipinski definition) is 0. The summed E-state index contributed by atoms with van der Waals surface area (Å²) in [7, 11) is 0. The minimum Gasteiger partial charge on any atom is -0.126 e. The first-order valence-corrected chi connectivity index (χ1v) is 6.40. The minimum absolute atomic E-state index is 0.570. The van der Waals surface area contributed by atoms with Gasteiger partial charge in [-0.1, -0.05) is 26.2 Å². The van der Waals surface area contributed by atoms with Crippen molar-refractivity contribution >= 4 is 11.6 Å². The molecule has 0 radical (unpaired) electrons. The van der Waals surface area contributed by atoms with E-state index in [4.69, 9.17) is 11.6 Å². The van der Waals surface area contributed by atoms with Crippen LogP contribution in [-0.2, 0) is 0 Å². The number of halogens is 1. The van der Waals surface area contributed by atoms with Crippen LogP contribution in [-0.4, -0.2) is 5.88 Å². The molecule has 0 nitrogen and oxygen atoms in total. The second-order valence-corrected chi connectivity index (χ2v) is 5.45. The van der Waals surface area contributed by atoms with E-state index in [-0.39, 0.29) is 0 Å². The standard InChI is InChI=1S/C12H21Cl/c1-2-3-6-12(9-13)8-10-4-5-11(12)7-10/h10-11H,2-9H2,1H3. The van der Waals surface area contributed by atoms with Crippen LogP contribution in [0, 0.1) is 17.3 Å². The lowest BCUT2D eigenvalue weighted by atomic mass is 9.71. The van der Waals surface area contributed by atoms with Crippen LogP contribution in [0.25, 0.3) is 0 Å². The smallest absolute Gasteiger partial charge is 0.0282 e. The fraction of sp³-hybridized carbons (Fsp3) is 1.00. The van der Waals surface area contributed by atoms with Crippen LogP contribution in [0.5, 0.6) is 0 Å². The Labute approximate surface area is 87.0 Å². The molecule has 3 atom stereocenters. The van der Waals surface area contributed by atoms with Crippen molar-refractivity contribution in [1.29, 1.82) is 0 Å². The highest BCUT2D eigenvalue weighted by Gasteiger charge is 2.49. The van der Waals surface area contributed by atoms with E-state index >= 15 is 0 Å². The third-order valence-corrected chi connectivity index (χ3v) is 4.93. The van der Waals surface area contributed by atoms with Crippen molar-refractivity contribution in [3.63, 3.8) is 0 Å². The maximum absolute atomic E-state index is 6.19. The highest BCUT2D eigenvalue weighted by molar-refractivity contribution is 6.18. The van der Waals surface area contributed by atoms with Gasteiger partial charge in [-0.2, -0.15) is 0 Å². The van der Waals surface area contributed by atoms with Crippen LogP contribution in [0.4, 0.5) is 0 Å². The van der Waals surface area contributed by atoms with Gasteiger partial charge in [0.15, 0.2) is 0 Å². The molecule has 1 heteroatoms. The number of hydrogen-bond acceptors (Lipinski definition) is 0. The number of fused-ring (bicyclic) bond motifs is 2. The highest BCUT2D eigenvalue weighted by atomic mass is 35.5. The van der Waals surface area contributed by atoms with Crippen molar-refractivity contribution in [2.75, 3.05) is 5.88 Å². The van der Waals surface area contributed by atoms with E-state index < -0.39 is 0 Å². The number of unbranched alkanes of at least 4 members (excludes halogenated alkanes) is 1. The molecule has 2 bridgehead atoms. The summed E-state index contributed by atoms with van der Waals surface area (Å²) in [6.45, 7) is 2.29. The summed E-state index contributed by atoms with van der Waals surface area (Å²) in [6, 6.07) is 0. The van der Waals surface area contributed by atoms with Crippen LogP contribution in [0.2, 0.25) is 0 Å². The van der Waals surface area contributed by atoms with Crippen molar-refractivity contribution in [3.05, 3.63) is 0 Å². The SMILES string of the molecule is CCCCC1(CCl)CC2CCC1C2. The van der Waals surface area contributed by atoms with Crippen molar-refractivity contribution in [1.82, 2.24) is 0 Å². The van der Waals surface area contributed by atoms with Gasteiger partial charge in [0.05, 0.1) is 0 Å². The van der Waals surface area contributed by atoms with Gasteiger partial charge in [0.25, 0.3) is 0 Å². The monoisotopic (exact) mass is 200 g/mol. The molecule has 0 amide bonds. The van der Waals surface area contributed by atoms with Gasteiger partial charge in [0, 0.05) is 5.88 Å². The van der Waals surface area contributed by atoms with Crippen LogP contribution in [0.15, 0.2) is 0 Å². The van der Waals surface area contributed by atoms with Gasteiger partial charge in [0.1, 0.15) is 0 Å². The fourth-order valence-corrected chi connectivity index (χ4v) is 4.08. The molecule has 2 aliphatic rings. The molecule has 3 unspecified atom stereocenters. The summed E-state index contributed by atoms with van der Waals surface area (Å²) in [5.74, 6) is 2.95. The molecule has 0 aromatic carbocycles. The molecule has 13 heavy (non-hydrogen) atoms. The fourth-order valence-electron chi connectivity index (χ4n) is 3.62. The zero-order valence-electron chi connectivity index (χ0n) is 8.69. The van der Waals surface area contributed by atoms with E-state index in [0.29, 0.717) is 5.41 Å². The van der Waals surface area contributed by atoms with Gasteiger partial charge in [-0.15, -0.1) is 11.6 Å². The van der Waals surface area contributed by atoms with Crippen LogP contribution in [0.3, 0.4) is 0 Å². The maximum atomic E-state index is 6.19. The lowest BCUT2D eigenvalue weighted by molar-refractivity contribution is 0.173. The van der Waals surface area contributed by atoms with E-state index in [2.05, 4.69) is 6.92 Å². The lowest BCUT2D eigenvalue weighted by Gasteiger charge is -2.36. The molecule has 0 N–H and O–H groups in total. The Morgan fingerprint density at radius 2 is 2.23 bits per heavy atom. The highest BCUT2D eigenvalue weighted by Crippen LogP contribution is 2.58. The van der Waals surface area contributed by atoms with Crippen LogP contribution < -0.4 is 0 Å². The summed E-state index contributed by atoms with van der Waals surface area (Å²) in [6.07, 6.45) is 10.0. The van der Waals surface area contributed by atoms with Crippen molar-refractivity contribution in [2.45, 2.75) is 51.9 Å². The topological polar surface area (TPSA) is 0 Å². The predicted octanol–water partition coefficient (Wildman–Crippen LogP) is 4.22. The minimum atomic E-state index is 0.570. The molecule has 0 aliphatic heterocycles. The number of alkyl halides is 1. The molecular formula is C12H21Cl.